The van der Waals surface area contributed by atoms with Crippen LogP contribution in [0, 0.1) is 6.92 Å². The molecule has 4 nitrogen and oxygen atoms in total. The zero-order valence-corrected chi connectivity index (χ0v) is 11.9. The summed E-state index contributed by atoms with van der Waals surface area (Å²) in [5.41, 5.74) is 2.09. The van der Waals surface area contributed by atoms with E-state index in [4.69, 9.17) is 0 Å². The molecule has 0 N–H and O–H groups in total. The molecule has 0 bridgehead atoms. The topological polar surface area (TPSA) is 54.5 Å². The number of nitrogens with zero attached hydrogens (tertiary/aromatic N) is 1. The molecular weight excluding hydrogens is 254 g/mol. The predicted octanol–water partition coefficient (Wildman–Crippen LogP) is 1.69. The predicted molar refractivity (Wildman–Crippen MR) is 75.3 cm³/mol. The van der Waals surface area contributed by atoms with E-state index in [1.54, 1.807) is 7.05 Å². The maximum Gasteiger partial charge on any atom is 0.227 e. The van der Waals surface area contributed by atoms with Crippen molar-refractivity contribution in [2.45, 2.75) is 38.6 Å². The second-order valence-corrected chi connectivity index (χ2v) is 5.40. The summed E-state index contributed by atoms with van der Waals surface area (Å²) >= 11 is 0. The van der Waals surface area contributed by atoms with Crippen LogP contribution in [0.4, 0.5) is 0 Å². The molecule has 1 aliphatic carbocycles. The van der Waals surface area contributed by atoms with Gasteiger partial charge in [0.25, 0.3) is 0 Å². The van der Waals surface area contributed by atoms with Crippen LogP contribution in [0.5, 0.6) is 0 Å². The third-order valence-corrected chi connectivity index (χ3v) is 3.78. The number of aryl methyl sites for hydroxylation is 1. The van der Waals surface area contributed by atoms with Gasteiger partial charge < -0.3 is 4.90 Å². The van der Waals surface area contributed by atoms with Gasteiger partial charge in [-0.15, -0.1) is 0 Å². The number of Topliss-reactive ketones (excluding diaryl/α,β-unsaturated/α-hetero) is 2. The van der Waals surface area contributed by atoms with Crippen molar-refractivity contribution in [3.8, 4) is 0 Å². The zero-order chi connectivity index (χ0) is 14.7. The first-order chi connectivity index (χ1) is 9.47. The number of rotatable bonds is 3. The average molecular weight is 273 g/mol. The van der Waals surface area contributed by atoms with Gasteiger partial charge in [0.15, 0.2) is 5.78 Å². The van der Waals surface area contributed by atoms with Gasteiger partial charge in [-0.25, -0.2) is 0 Å². The van der Waals surface area contributed by atoms with Crippen molar-refractivity contribution in [1.29, 1.82) is 0 Å². The monoisotopic (exact) mass is 273 g/mol. The van der Waals surface area contributed by atoms with Crippen LogP contribution in [-0.4, -0.2) is 35.5 Å². The first-order valence-electron chi connectivity index (χ1n) is 6.83. The number of carbonyl (C=O) groups is 3. The van der Waals surface area contributed by atoms with Crippen LogP contribution in [0.15, 0.2) is 24.3 Å². The molecule has 1 amide bonds. The molecule has 1 atom stereocenters. The highest BCUT2D eigenvalue weighted by molar-refractivity contribution is 6.05. The highest BCUT2D eigenvalue weighted by atomic mass is 16.2. The molecule has 1 saturated carbocycles. The van der Waals surface area contributed by atoms with E-state index in [-0.39, 0.29) is 30.3 Å². The van der Waals surface area contributed by atoms with E-state index in [2.05, 4.69) is 0 Å². The molecule has 1 aromatic rings. The third-order valence-electron chi connectivity index (χ3n) is 3.78. The molecule has 0 spiro atoms. The quantitative estimate of drug-likeness (QED) is 0.787. The van der Waals surface area contributed by atoms with Crippen molar-refractivity contribution in [1.82, 2.24) is 4.90 Å². The summed E-state index contributed by atoms with van der Waals surface area (Å²) in [4.78, 5) is 36.8. The minimum atomic E-state index is -0.439. The molecule has 0 aliphatic heterocycles. The van der Waals surface area contributed by atoms with Gasteiger partial charge >= 0.3 is 0 Å². The lowest BCUT2D eigenvalue weighted by Crippen LogP contribution is -2.46. The lowest BCUT2D eigenvalue weighted by molar-refractivity contribution is -0.141. The molecule has 2 rings (SSSR count). The first-order valence-corrected chi connectivity index (χ1v) is 6.83. The minimum Gasteiger partial charge on any atom is -0.335 e. The molecule has 0 saturated heterocycles. The molecule has 0 heterocycles. The number of carbonyl (C=O) groups excluding carboxylic acids is 3. The van der Waals surface area contributed by atoms with Crippen LogP contribution in [0.1, 0.15) is 30.4 Å². The standard InChI is InChI=1S/C16H19NO3/c1-11-3-5-12(6-4-11)9-16(20)17(2)14-8-7-13(18)10-15(14)19/h3-6,14H,7-10H2,1-2H3. The van der Waals surface area contributed by atoms with Gasteiger partial charge in [0.05, 0.1) is 18.9 Å². The minimum absolute atomic E-state index is 0.0226. The Hall–Kier alpha value is -1.97. The molecule has 4 heteroatoms. The van der Waals surface area contributed by atoms with E-state index in [0.717, 1.165) is 11.1 Å². The van der Waals surface area contributed by atoms with Gasteiger partial charge in [-0.3, -0.25) is 14.4 Å². The van der Waals surface area contributed by atoms with Crippen LogP contribution in [0.2, 0.25) is 0 Å². The normalized spacial score (nSPS) is 19.0. The summed E-state index contributed by atoms with van der Waals surface area (Å²) in [6.07, 6.45) is 1.09. The Morgan fingerprint density at radius 2 is 1.90 bits per heavy atom. The second kappa shape index (κ2) is 5.99. The van der Waals surface area contributed by atoms with Gasteiger partial charge in [-0.05, 0) is 18.9 Å². The van der Waals surface area contributed by atoms with E-state index in [1.807, 2.05) is 31.2 Å². The lowest BCUT2D eigenvalue weighted by Gasteiger charge is -2.29. The summed E-state index contributed by atoms with van der Waals surface area (Å²) < 4.78 is 0. The third kappa shape index (κ3) is 3.32. The van der Waals surface area contributed by atoms with Crippen molar-refractivity contribution < 1.29 is 14.4 Å². The van der Waals surface area contributed by atoms with Crippen molar-refractivity contribution in [3.05, 3.63) is 35.4 Å². The van der Waals surface area contributed by atoms with Gasteiger partial charge in [0.1, 0.15) is 5.78 Å². The Morgan fingerprint density at radius 1 is 1.25 bits per heavy atom. The smallest absolute Gasteiger partial charge is 0.227 e. The number of hydrogen-bond donors (Lipinski definition) is 0. The molecule has 0 aromatic heterocycles. The Kier molecular flexibility index (Phi) is 4.32. The lowest BCUT2D eigenvalue weighted by atomic mass is 9.92. The van der Waals surface area contributed by atoms with Crippen LogP contribution in [-0.2, 0) is 20.8 Å². The molecule has 1 aliphatic rings. The molecular formula is C16H19NO3. The number of likely N-dealkylation sites (N-methyl/N-ethyl adjacent to an activating group) is 1. The summed E-state index contributed by atoms with van der Waals surface area (Å²) in [6, 6.07) is 7.34. The maximum absolute atomic E-state index is 12.2. The largest absolute Gasteiger partial charge is 0.335 e. The van der Waals surface area contributed by atoms with E-state index < -0.39 is 6.04 Å². The van der Waals surface area contributed by atoms with E-state index in [0.29, 0.717) is 12.8 Å². The SMILES string of the molecule is Cc1ccc(CC(=O)N(C)C2CCC(=O)CC2=O)cc1. The van der Waals surface area contributed by atoms with Gasteiger partial charge in [0.2, 0.25) is 5.91 Å². The van der Waals surface area contributed by atoms with Crippen LogP contribution >= 0.6 is 0 Å². The Bertz CT molecular complexity index is 533. The molecule has 106 valence electrons. The number of hydrogen-bond acceptors (Lipinski definition) is 3. The van der Waals surface area contributed by atoms with Crippen LogP contribution in [0.3, 0.4) is 0 Å². The van der Waals surface area contributed by atoms with E-state index >= 15 is 0 Å². The summed E-state index contributed by atoms with van der Waals surface area (Å²) in [7, 11) is 1.65. The zero-order valence-electron chi connectivity index (χ0n) is 11.9. The highest BCUT2D eigenvalue weighted by Gasteiger charge is 2.32. The van der Waals surface area contributed by atoms with Gasteiger partial charge in [-0.1, -0.05) is 29.8 Å². The molecule has 20 heavy (non-hydrogen) atoms. The summed E-state index contributed by atoms with van der Waals surface area (Å²) in [5, 5.41) is 0. The van der Waals surface area contributed by atoms with E-state index in [1.165, 1.54) is 4.90 Å². The van der Waals surface area contributed by atoms with Crippen LogP contribution in [0.25, 0.3) is 0 Å². The molecule has 0 radical (unpaired) electrons. The van der Waals surface area contributed by atoms with E-state index in [9.17, 15) is 14.4 Å². The number of ketones is 2. The Labute approximate surface area is 118 Å². The molecule has 1 fully saturated rings. The van der Waals surface area contributed by atoms with Gasteiger partial charge in [0, 0.05) is 13.5 Å². The first kappa shape index (κ1) is 14.4. The van der Waals surface area contributed by atoms with Gasteiger partial charge in [-0.2, -0.15) is 0 Å². The second-order valence-electron chi connectivity index (χ2n) is 5.40. The maximum atomic E-state index is 12.2. The van der Waals surface area contributed by atoms with Crippen LogP contribution < -0.4 is 0 Å². The van der Waals surface area contributed by atoms with Crippen molar-refractivity contribution in [2.24, 2.45) is 0 Å². The van der Waals surface area contributed by atoms with Crippen molar-refractivity contribution >= 4 is 17.5 Å². The Balaban J connectivity index is 1.99. The summed E-state index contributed by atoms with van der Waals surface area (Å²) in [6.45, 7) is 2.00. The molecule has 1 unspecified atom stereocenters. The fourth-order valence-electron chi connectivity index (χ4n) is 2.45. The summed E-state index contributed by atoms with van der Waals surface area (Å²) in [5.74, 6) is -0.242. The van der Waals surface area contributed by atoms with Crippen molar-refractivity contribution in [2.75, 3.05) is 7.05 Å². The number of benzene rings is 1. The highest BCUT2D eigenvalue weighted by Crippen LogP contribution is 2.17. The number of amides is 1. The Morgan fingerprint density at radius 3 is 2.50 bits per heavy atom. The fraction of sp³-hybridized carbons (Fsp3) is 0.438. The van der Waals surface area contributed by atoms with Crippen molar-refractivity contribution in [3.63, 3.8) is 0 Å². The average Bonchev–Trinajstić information content (AvgIpc) is 2.40. The fourth-order valence-corrected chi connectivity index (χ4v) is 2.45. The molecule has 1 aromatic carbocycles.